The van der Waals surface area contributed by atoms with E-state index in [4.69, 9.17) is 23.9 Å². The summed E-state index contributed by atoms with van der Waals surface area (Å²) in [5.74, 6) is 1.64. The van der Waals surface area contributed by atoms with Crippen LogP contribution in [-0.4, -0.2) is 23.0 Å². The van der Waals surface area contributed by atoms with Crippen LogP contribution in [0.25, 0.3) is 42.3 Å². The number of hydrogen-bond acceptors (Lipinski definition) is 6. The van der Waals surface area contributed by atoms with E-state index in [2.05, 4.69) is 78.9 Å². The minimum atomic E-state index is -0.833. The molecule has 1 N–H and O–H groups in total. The van der Waals surface area contributed by atoms with Crippen LogP contribution in [0.2, 0.25) is 0 Å². The van der Waals surface area contributed by atoms with Gasteiger partial charge in [0.1, 0.15) is 16.5 Å². The summed E-state index contributed by atoms with van der Waals surface area (Å²) in [6.07, 6.45) is 0.979. The van der Waals surface area contributed by atoms with Crippen molar-refractivity contribution in [3.8, 4) is 22.1 Å². The molecule has 0 radical (unpaired) electrons. The number of fused-ring (bicyclic) bond motifs is 5. The molecule has 0 fully saturated rings. The number of esters is 1. The second-order valence-electron chi connectivity index (χ2n) is 10.00. The van der Waals surface area contributed by atoms with Crippen LogP contribution in [0.15, 0.2) is 121 Å². The lowest BCUT2D eigenvalue weighted by Gasteiger charge is -2.19. The van der Waals surface area contributed by atoms with Gasteiger partial charge in [0.2, 0.25) is 0 Å². The fourth-order valence-electron chi connectivity index (χ4n) is 5.26. The van der Waals surface area contributed by atoms with E-state index in [1.54, 1.807) is 23.5 Å². The maximum Gasteiger partial charge on any atom is 0.337 e. The van der Waals surface area contributed by atoms with Crippen LogP contribution < -0.4 is 4.74 Å². The highest BCUT2D eigenvalue weighted by Crippen LogP contribution is 2.37. The van der Waals surface area contributed by atoms with E-state index >= 15 is 0 Å². The standard InChI is InChI=1S/C23H15NO2S.C13H10O.HO2P/c1-26-23(25)17-9-10-21-20(13-17)24-22(27-21)18-8-4-7-16-11-14-5-2-3-6-15(14)12-19(16)18;1-3-7-12-10(5-1)9-11-6-2-4-8-13(11)14-12;1-3-2/h2-13H,1H3;1-8H,9H2;(H,1,2). The number of nitrogens with zero attached hydrogens (tertiary/aromatic N) is 1. The third-order valence-electron chi connectivity index (χ3n) is 7.33. The average Bonchev–Trinajstić information content (AvgIpc) is 3.50. The number of thiazole rings is 1. The zero-order valence-corrected chi connectivity index (χ0v) is 25.3. The summed E-state index contributed by atoms with van der Waals surface area (Å²) < 4.78 is 20.1. The zero-order chi connectivity index (χ0) is 30.5. The van der Waals surface area contributed by atoms with E-state index in [-0.39, 0.29) is 5.97 Å². The van der Waals surface area contributed by atoms with Crippen molar-refractivity contribution in [2.24, 2.45) is 0 Å². The van der Waals surface area contributed by atoms with E-state index in [1.807, 2.05) is 30.3 Å². The molecule has 0 amide bonds. The molecule has 0 bridgehead atoms. The van der Waals surface area contributed by atoms with Gasteiger partial charge in [-0.3, -0.25) is 0 Å². The Morgan fingerprint density at radius 2 is 1.41 bits per heavy atom. The van der Waals surface area contributed by atoms with Crippen LogP contribution in [0, 0.1) is 0 Å². The third kappa shape index (κ3) is 6.08. The molecule has 216 valence electrons. The SMILES string of the molecule is COC(=O)c1ccc2sc(-c3cccc4cc5ccccc5cc34)nc2c1.O=PO.c1ccc2c(c1)Cc1ccccc1O2. The van der Waals surface area contributed by atoms with Crippen LogP contribution in [0.4, 0.5) is 0 Å². The molecule has 0 saturated carbocycles. The largest absolute Gasteiger partial charge is 0.465 e. The summed E-state index contributed by atoms with van der Waals surface area (Å²) in [6.45, 7) is 0. The number of methoxy groups -OCH3 is 1. The van der Waals surface area contributed by atoms with Gasteiger partial charge in [0.05, 0.1) is 22.9 Å². The van der Waals surface area contributed by atoms with Gasteiger partial charge < -0.3 is 14.4 Å². The predicted molar refractivity (Wildman–Crippen MR) is 177 cm³/mol. The first-order valence-electron chi connectivity index (χ1n) is 13.8. The molecule has 1 aliphatic heterocycles. The van der Waals surface area contributed by atoms with Gasteiger partial charge in [-0.15, -0.1) is 11.3 Å². The molecular weight excluding hydrogens is 589 g/mol. The zero-order valence-electron chi connectivity index (χ0n) is 23.6. The van der Waals surface area contributed by atoms with Crippen LogP contribution in [-0.2, 0) is 15.7 Å². The molecule has 6 aromatic carbocycles. The molecule has 0 aliphatic carbocycles. The second kappa shape index (κ2) is 13.1. The van der Waals surface area contributed by atoms with Crippen molar-refractivity contribution in [2.45, 2.75) is 6.42 Å². The number of carbonyl (C=O) groups is 1. The first-order valence-corrected chi connectivity index (χ1v) is 15.4. The minimum absolute atomic E-state index is 0.344. The number of benzene rings is 6. The number of rotatable bonds is 2. The van der Waals surface area contributed by atoms with E-state index in [1.165, 1.54) is 39.8 Å². The van der Waals surface area contributed by atoms with Crippen molar-refractivity contribution in [1.29, 1.82) is 0 Å². The molecular formula is C36H26NO5PS. The van der Waals surface area contributed by atoms with Gasteiger partial charge in [-0.1, -0.05) is 78.9 Å². The lowest BCUT2D eigenvalue weighted by molar-refractivity contribution is 0.0601. The van der Waals surface area contributed by atoms with Gasteiger partial charge in [0, 0.05) is 12.0 Å². The Labute approximate surface area is 259 Å². The van der Waals surface area contributed by atoms with E-state index in [0.29, 0.717) is 5.56 Å². The summed E-state index contributed by atoms with van der Waals surface area (Å²) in [5.41, 5.74) is 4.98. The van der Waals surface area contributed by atoms with Crippen LogP contribution >= 0.6 is 20.0 Å². The maximum absolute atomic E-state index is 11.8. The fraction of sp³-hybridized carbons (Fsp3) is 0.0556. The fourth-order valence-corrected chi connectivity index (χ4v) is 6.25. The van der Waals surface area contributed by atoms with Crippen LogP contribution in [0.1, 0.15) is 21.5 Å². The first-order chi connectivity index (χ1) is 21.6. The first kappa shape index (κ1) is 29.1. The summed E-state index contributed by atoms with van der Waals surface area (Å²) >= 11 is 1.64. The van der Waals surface area contributed by atoms with Crippen molar-refractivity contribution < 1.29 is 23.7 Å². The Balaban J connectivity index is 0.000000168. The van der Waals surface area contributed by atoms with Gasteiger partial charge in [-0.2, -0.15) is 0 Å². The van der Waals surface area contributed by atoms with Crippen molar-refractivity contribution >= 4 is 57.8 Å². The summed E-state index contributed by atoms with van der Waals surface area (Å²) in [6, 6.07) is 41.0. The summed E-state index contributed by atoms with van der Waals surface area (Å²) in [5, 5.41) is 5.78. The highest BCUT2D eigenvalue weighted by Gasteiger charge is 2.15. The van der Waals surface area contributed by atoms with Gasteiger partial charge in [-0.25, -0.2) is 14.3 Å². The molecule has 0 saturated heterocycles. The Morgan fingerprint density at radius 3 is 2.09 bits per heavy atom. The van der Waals surface area contributed by atoms with Gasteiger partial charge in [-0.05, 0) is 75.1 Å². The quantitative estimate of drug-likeness (QED) is 0.118. The number of aromatic nitrogens is 1. The van der Waals surface area contributed by atoms with Crippen molar-refractivity contribution in [3.05, 3.63) is 138 Å². The van der Waals surface area contributed by atoms with Crippen molar-refractivity contribution in [2.75, 3.05) is 7.11 Å². The average molecular weight is 616 g/mol. The molecule has 0 spiro atoms. The van der Waals surface area contributed by atoms with Gasteiger partial charge >= 0.3 is 14.7 Å². The monoisotopic (exact) mass is 615 g/mol. The van der Waals surface area contributed by atoms with Crippen LogP contribution in [0.5, 0.6) is 11.5 Å². The summed E-state index contributed by atoms with van der Waals surface area (Å²) in [4.78, 5) is 23.6. The molecule has 7 aromatic rings. The number of carbonyl (C=O) groups excluding carboxylic acids is 1. The van der Waals surface area contributed by atoms with E-state index in [0.717, 1.165) is 38.7 Å². The van der Waals surface area contributed by atoms with E-state index < -0.39 is 8.69 Å². The molecule has 8 rings (SSSR count). The molecule has 0 unspecified atom stereocenters. The third-order valence-corrected chi connectivity index (χ3v) is 8.40. The smallest absolute Gasteiger partial charge is 0.337 e. The second-order valence-corrected chi connectivity index (χ2v) is 11.2. The topological polar surface area (TPSA) is 85.7 Å². The molecule has 1 aliphatic rings. The molecule has 2 heterocycles. The molecule has 8 heteroatoms. The summed E-state index contributed by atoms with van der Waals surface area (Å²) in [7, 11) is 0.555. The van der Waals surface area contributed by atoms with Gasteiger partial charge in [0.15, 0.2) is 0 Å². The maximum atomic E-state index is 11.8. The Kier molecular flexibility index (Phi) is 8.71. The number of para-hydroxylation sites is 2. The number of hydrogen-bond donors (Lipinski definition) is 1. The minimum Gasteiger partial charge on any atom is -0.465 e. The highest BCUT2D eigenvalue weighted by molar-refractivity contribution is 7.21. The Bertz CT molecular complexity index is 2050. The van der Waals surface area contributed by atoms with Crippen molar-refractivity contribution in [1.82, 2.24) is 4.98 Å². The van der Waals surface area contributed by atoms with Crippen molar-refractivity contribution in [3.63, 3.8) is 0 Å². The lowest BCUT2D eigenvalue weighted by Crippen LogP contribution is -2.01. The Hall–Kier alpha value is -4.94. The predicted octanol–water partition coefficient (Wildman–Crippen LogP) is 9.62. The molecule has 6 nitrogen and oxygen atoms in total. The van der Waals surface area contributed by atoms with Crippen LogP contribution in [0.3, 0.4) is 0 Å². The van der Waals surface area contributed by atoms with E-state index in [9.17, 15) is 4.79 Å². The van der Waals surface area contributed by atoms with Gasteiger partial charge in [0.25, 0.3) is 0 Å². The highest BCUT2D eigenvalue weighted by atomic mass is 32.1. The Morgan fingerprint density at radius 1 is 0.795 bits per heavy atom. The molecule has 0 atom stereocenters. The number of ether oxygens (including phenoxy) is 2. The lowest BCUT2D eigenvalue weighted by atomic mass is 10.00. The molecule has 1 aromatic heterocycles. The normalized spacial score (nSPS) is 11.4. The molecule has 44 heavy (non-hydrogen) atoms.